The fourth-order valence-electron chi connectivity index (χ4n) is 2.36. The number of nitrogen functional groups attached to an aromatic ring is 1. The summed E-state index contributed by atoms with van der Waals surface area (Å²) in [6, 6.07) is 6.16. The van der Waals surface area contributed by atoms with Crippen molar-refractivity contribution in [3.63, 3.8) is 0 Å². The zero-order chi connectivity index (χ0) is 11.7. The molecule has 1 unspecified atom stereocenters. The fourth-order valence-corrected chi connectivity index (χ4v) is 2.74. The van der Waals surface area contributed by atoms with Crippen molar-refractivity contribution < 1.29 is 0 Å². The first-order chi connectivity index (χ1) is 7.58. The van der Waals surface area contributed by atoms with Crippen molar-refractivity contribution in [3.8, 4) is 0 Å². The number of rotatable bonds is 2. The third-order valence-corrected chi connectivity index (χ3v) is 3.99. The molecule has 0 spiro atoms. The predicted molar refractivity (Wildman–Crippen MR) is 73.7 cm³/mol. The lowest BCUT2D eigenvalue weighted by Crippen LogP contribution is -2.22. The number of halogens is 1. The number of nitrogens with zero attached hydrogens (tertiary/aromatic N) is 1. The summed E-state index contributed by atoms with van der Waals surface area (Å²) in [7, 11) is 0. The smallest absolute Gasteiger partial charge is 0.0600 e. The Morgan fingerprint density at radius 1 is 1.44 bits per heavy atom. The molecule has 0 aliphatic carbocycles. The molecule has 1 fully saturated rings. The van der Waals surface area contributed by atoms with Gasteiger partial charge in [0.2, 0.25) is 0 Å². The average molecular weight is 283 g/mol. The van der Waals surface area contributed by atoms with Crippen LogP contribution in [0.2, 0.25) is 0 Å². The molecule has 1 aliphatic rings. The van der Waals surface area contributed by atoms with Crippen molar-refractivity contribution in [1.82, 2.24) is 0 Å². The Hall–Kier alpha value is -0.700. The zero-order valence-electron chi connectivity index (χ0n) is 9.91. The molecule has 0 amide bonds. The molecule has 1 aliphatic heterocycles. The minimum atomic E-state index is 0.765. The van der Waals surface area contributed by atoms with E-state index in [1.54, 1.807) is 0 Å². The van der Waals surface area contributed by atoms with E-state index in [0.717, 1.165) is 35.1 Å². The van der Waals surface area contributed by atoms with Crippen LogP contribution in [0.5, 0.6) is 0 Å². The maximum absolute atomic E-state index is 6.05. The molecule has 1 atom stereocenters. The molecule has 2 N–H and O–H groups in total. The van der Waals surface area contributed by atoms with Gasteiger partial charge in [-0.15, -0.1) is 0 Å². The molecule has 1 saturated heterocycles. The van der Waals surface area contributed by atoms with E-state index in [0.29, 0.717) is 0 Å². The number of nitrogens with two attached hydrogens (primary N) is 1. The van der Waals surface area contributed by atoms with Gasteiger partial charge in [0.05, 0.1) is 11.4 Å². The summed E-state index contributed by atoms with van der Waals surface area (Å²) >= 11 is 3.44. The summed E-state index contributed by atoms with van der Waals surface area (Å²) in [4.78, 5) is 2.41. The molecule has 0 bridgehead atoms. The second-order valence-electron chi connectivity index (χ2n) is 4.94. The monoisotopic (exact) mass is 282 g/mol. The highest BCUT2D eigenvalue weighted by molar-refractivity contribution is 9.10. The molecule has 1 aromatic carbocycles. The first-order valence-corrected chi connectivity index (χ1v) is 6.67. The number of benzene rings is 1. The molecule has 2 nitrogen and oxygen atoms in total. The Kier molecular flexibility index (Phi) is 3.43. The van der Waals surface area contributed by atoms with Crippen LogP contribution >= 0.6 is 15.9 Å². The van der Waals surface area contributed by atoms with E-state index in [1.807, 2.05) is 6.07 Å². The van der Waals surface area contributed by atoms with E-state index >= 15 is 0 Å². The number of anilines is 2. The van der Waals surface area contributed by atoms with Crippen LogP contribution in [-0.4, -0.2) is 13.1 Å². The quantitative estimate of drug-likeness (QED) is 0.841. The molecule has 1 aromatic rings. The van der Waals surface area contributed by atoms with Crippen molar-refractivity contribution in [2.24, 2.45) is 11.8 Å². The zero-order valence-corrected chi connectivity index (χ0v) is 11.5. The van der Waals surface area contributed by atoms with Crippen molar-refractivity contribution in [2.75, 3.05) is 23.7 Å². The Balaban J connectivity index is 2.14. The van der Waals surface area contributed by atoms with Crippen LogP contribution in [0.1, 0.15) is 20.3 Å². The number of hydrogen-bond donors (Lipinski definition) is 1. The third-order valence-electron chi connectivity index (χ3n) is 3.50. The van der Waals surface area contributed by atoms with Gasteiger partial charge in [0.25, 0.3) is 0 Å². The lowest BCUT2D eigenvalue weighted by Gasteiger charge is -2.21. The fraction of sp³-hybridized carbons (Fsp3) is 0.538. The summed E-state index contributed by atoms with van der Waals surface area (Å²) in [5, 5.41) is 0. The van der Waals surface area contributed by atoms with E-state index in [-0.39, 0.29) is 0 Å². The standard InChI is InChI=1S/C13H19BrN2/c1-9(2)10-5-6-16(8-10)13-4-3-11(14)7-12(13)15/h3-4,7,9-10H,5-6,8,15H2,1-2H3. The normalized spacial score (nSPS) is 20.8. The first kappa shape index (κ1) is 11.8. The van der Waals surface area contributed by atoms with Crippen LogP contribution < -0.4 is 10.6 Å². The molecule has 0 aromatic heterocycles. The maximum Gasteiger partial charge on any atom is 0.0600 e. The lowest BCUT2D eigenvalue weighted by molar-refractivity contribution is 0.423. The third kappa shape index (κ3) is 2.34. The van der Waals surface area contributed by atoms with Gasteiger partial charge in [-0.25, -0.2) is 0 Å². The summed E-state index contributed by atoms with van der Waals surface area (Å²) in [5.74, 6) is 1.57. The molecule has 16 heavy (non-hydrogen) atoms. The van der Waals surface area contributed by atoms with Gasteiger partial charge in [-0.1, -0.05) is 29.8 Å². The van der Waals surface area contributed by atoms with Crippen LogP contribution in [0, 0.1) is 11.8 Å². The average Bonchev–Trinajstić information content (AvgIpc) is 2.66. The van der Waals surface area contributed by atoms with Gasteiger partial charge in [0.15, 0.2) is 0 Å². The Morgan fingerprint density at radius 3 is 2.75 bits per heavy atom. The molecule has 88 valence electrons. The van der Waals surface area contributed by atoms with Crippen molar-refractivity contribution >= 4 is 27.3 Å². The van der Waals surface area contributed by atoms with Crippen LogP contribution in [-0.2, 0) is 0 Å². The van der Waals surface area contributed by atoms with E-state index in [4.69, 9.17) is 5.73 Å². The van der Waals surface area contributed by atoms with E-state index in [9.17, 15) is 0 Å². The Labute approximate surface area is 106 Å². The van der Waals surface area contributed by atoms with Gasteiger partial charge < -0.3 is 10.6 Å². The molecule has 0 saturated carbocycles. The first-order valence-electron chi connectivity index (χ1n) is 5.88. The summed E-state index contributed by atoms with van der Waals surface area (Å²) in [6.45, 7) is 6.89. The minimum Gasteiger partial charge on any atom is -0.397 e. The minimum absolute atomic E-state index is 0.765. The molecule has 2 rings (SSSR count). The summed E-state index contributed by atoms with van der Waals surface area (Å²) in [5.41, 5.74) is 8.11. The maximum atomic E-state index is 6.05. The van der Waals surface area contributed by atoms with Crippen LogP contribution in [0.15, 0.2) is 22.7 Å². The molecule has 0 radical (unpaired) electrons. The van der Waals surface area contributed by atoms with Gasteiger partial charge in [-0.3, -0.25) is 0 Å². The molecular weight excluding hydrogens is 264 g/mol. The Bertz CT molecular complexity index is 376. The van der Waals surface area contributed by atoms with Gasteiger partial charge >= 0.3 is 0 Å². The van der Waals surface area contributed by atoms with Crippen molar-refractivity contribution in [3.05, 3.63) is 22.7 Å². The second-order valence-corrected chi connectivity index (χ2v) is 5.86. The molecular formula is C13H19BrN2. The van der Waals surface area contributed by atoms with Crippen LogP contribution in [0.4, 0.5) is 11.4 Å². The van der Waals surface area contributed by atoms with E-state index < -0.39 is 0 Å². The van der Waals surface area contributed by atoms with Gasteiger partial charge in [-0.2, -0.15) is 0 Å². The SMILES string of the molecule is CC(C)C1CCN(c2ccc(Br)cc2N)C1. The lowest BCUT2D eigenvalue weighted by atomic mass is 9.95. The van der Waals surface area contributed by atoms with Gasteiger partial charge in [-0.05, 0) is 36.5 Å². The highest BCUT2D eigenvalue weighted by Crippen LogP contribution is 2.32. The predicted octanol–water partition coefficient (Wildman–Crippen LogP) is 3.51. The van der Waals surface area contributed by atoms with Crippen LogP contribution in [0.3, 0.4) is 0 Å². The number of hydrogen-bond acceptors (Lipinski definition) is 2. The van der Waals surface area contributed by atoms with Gasteiger partial charge in [0, 0.05) is 17.6 Å². The topological polar surface area (TPSA) is 29.3 Å². The van der Waals surface area contributed by atoms with Crippen molar-refractivity contribution in [1.29, 1.82) is 0 Å². The van der Waals surface area contributed by atoms with E-state index in [1.165, 1.54) is 12.1 Å². The summed E-state index contributed by atoms with van der Waals surface area (Å²) in [6.07, 6.45) is 1.28. The largest absolute Gasteiger partial charge is 0.397 e. The van der Waals surface area contributed by atoms with Gasteiger partial charge in [0.1, 0.15) is 0 Å². The van der Waals surface area contributed by atoms with Crippen LogP contribution in [0.25, 0.3) is 0 Å². The second kappa shape index (κ2) is 4.66. The van der Waals surface area contributed by atoms with E-state index in [2.05, 4.69) is 46.8 Å². The Morgan fingerprint density at radius 2 is 2.19 bits per heavy atom. The summed E-state index contributed by atoms with van der Waals surface area (Å²) < 4.78 is 1.05. The highest BCUT2D eigenvalue weighted by Gasteiger charge is 2.25. The molecule has 1 heterocycles. The van der Waals surface area contributed by atoms with Crippen molar-refractivity contribution in [2.45, 2.75) is 20.3 Å². The highest BCUT2D eigenvalue weighted by atomic mass is 79.9. The molecule has 3 heteroatoms.